The van der Waals surface area contributed by atoms with Gasteiger partial charge in [0.2, 0.25) is 5.91 Å². The number of morpholine rings is 1. The number of ether oxygens (including phenoxy) is 1. The molecule has 0 bridgehead atoms. The summed E-state index contributed by atoms with van der Waals surface area (Å²) in [6, 6.07) is 3.11. The van der Waals surface area contributed by atoms with Crippen LogP contribution in [0.3, 0.4) is 0 Å². The second-order valence-corrected chi connectivity index (χ2v) is 8.34. The third-order valence-corrected chi connectivity index (χ3v) is 6.19. The van der Waals surface area contributed by atoms with E-state index in [0.717, 1.165) is 62.0 Å². The van der Waals surface area contributed by atoms with E-state index < -0.39 is 0 Å². The fourth-order valence-electron chi connectivity index (χ4n) is 4.18. The number of anilines is 1. The third kappa shape index (κ3) is 4.76. The van der Waals surface area contributed by atoms with Crippen LogP contribution in [0.15, 0.2) is 16.9 Å². The number of piperidine rings is 1. The van der Waals surface area contributed by atoms with E-state index >= 15 is 0 Å². The Hall–Kier alpha value is -2.81. The van der Waals surface area contributed by atoms with Crippen molar-refractivity contribution >= 4 is 11.7 Å². The van der Waals surface area contributed by atoms with E-state index in [1.54, 1.807) is 13.0 Å². The van der Waals surface area contributed by atoms with Crippen LogP contribution in [0.4, 0.5) is 5.82 Å². The van der Waals surface area contributed by atoms with E-state index in [-0.39, 0.29) is 23.9 Å². The zero-order chi connectivity index (χ0) is 22.0. The summed E-state index contributed by atoms with van der Waals surface area (Å²) in [7, 11) is 0. The molecule has 0 N–H and O–H groups in total. The second-order valence-electron chi connectivity index (χ2n) is 8.34. The number of aryl methyl sites for hydroxylation is 2. The van der Waals surface area contributed by atoms with Crippen LogP contribution in [-0.2, 0) is 16.1 Å². The molecule has 0 spiro atoms. The molecule has 0 saturated carbocycles. The summed E-state index contributed by atoms with van der Waals surface area (Å²) in [6.07, 6.45) is 1.62. The summed E-state index contributed by atoms with van der Waals surface area (Å²) < 4.78 is 6.72. The number of carbonyl (C=O) groups excluding carboxylic acids is 1. The van der Waals surface area contributed by atoms with E-state index in [1.807, 2.05) is 11.8 Å². The molecule has 2 saturated heterocycles. The maximum absolute atomic E-state index is 12.7. The topological polar surface area (TPSA) is 93.5 Å². The molecule has 166 valence electrons. The molecule has 9 nitrogen and oxygen atoms in total. The van der Waals surface area contributed by atoms with Crippen LogP contribution in [0, 0.1) is 20.8 Å². The van der Waals surface area contributed by atoms with E-state index in [4.69, 9.17) is 14.7 Å². The van der Waals surface area contributed by atoms with Crippen molar-refractivity contribution in [2.75, 3.05) is 44.3 Å². The lowest BCUT2D eigenvalue weighted by Crippen LogP contribution is -2.42. The summed E-state index contributed by atoms with van der Waals surface area (Å²) in [4.78, 5) is 38.5. The minimum atomic E-state index is -0.256. The van der Waals surface area contributed by atoms with Crippen LogP contribution in [0.1, 0.15) is 41.5 Å². The largest absolute Gasteiger partial charge is 0.378 e. The summed E-state index contributed by atoms with van der Waals surface area (Å²) in [5.74, 6) is 2.03. The van der Waals surface area contributed by atoms with Crippen LogP contribution < -0.4 is 10.5 Å². The molecule has 2 fully saturated rings. The van der Waals surface area contributed by atoms with Gasteiger partial charge in [-0.05, 0) is 39.7 Å². The highest BCUT2D eigenvalue weighted by atomic mass is 16.5. The number of nitrogens with zero attached hydrogens (tertiary/aromatic N) is 6. The smallest absolute Gasteiger partial charge is 0.267 e. The molecule has 0 atom stereocenters. The number of likely N-dealkylation sites (tertiary alicyclic amines) is 1. The zero-order valence-corrected chi connectivity index (χ0v) is 18.5. The van der Waals surface area contributed by atoms with Crippen molar-refractivity contribution in [1.29, 1.82) is 0 Å². The van der Waals surface area contributed by atoms with Crippen LogP contribution in [-0.4, -0.2) is 69.9 Å². The molecule has 31 heavy (non-hydrogen) atoms. The Bertz CT molecular complexity index is 1010. The van der Waals surface area contributed by atoms with Gasteiger partial charge < -0.3 is 14.5 Å². The van der Waals surface area contributed by atoms with Crippen LogP contribution in [0.5, 0.6) is 0 Å². The quantitative estimate of drug-likeness (QED) is 0.725. The van der Waals surface area contributed by atoms with Crippen LogP contribution >= 0.6 is 0 Å². The Labute approximate surface area is 182 Å². The van der Waals surface area contributed by atoms with Crippen molar-refractivity contribution in [2.24, 2.45) is 0 Å². The highest BCUT2D eigenvalue weighted by Crippen LogP contribution is 2.29. The molecule has 1 amide bonds. The van der Waals surface area contributed by atoms with E-state index in [1.165, 1.54) is 10.7 Å². The van der Waals surface area contributed by atoms with Gasteiger partial charge >= 0.3 is 0 Å². The van der Waals surface area contributed by atoms with E-state index in [9.17, 15) is 9.59 Å². The first kappa shape index (κ1) is 21.4. The lowest BCUT2D eigenvalue weighted by molar-refractivity contribution is -0.133. The Morgan fingerprint density at radius 1 is 1.06 bits per heavy atom. The second kappa shape index (κ2) is 9.13. The first-order valence-electron chi connectivity index (χ1n) is 10.9. The standard InChI is InChI=1S/C22H30N6O3/c1-15-4-5-19(29)28(25-15)14-20(30)26-8-6-18(7-9-26)21-23-17(3)16(2)22(24-21)27-10-12-31-13-11-27/h4-5,18H,6-14H2,1-3H3. The first-order valence-corrected chi connectivity index (χ1v) is 10.9. The Morgan fingerprint density at radius 2 is 1.77 bits per heavy atom. The molecular weight excluding hydrogens is 396 g/mol. The van der Waals surface area contributed by atoms with Gasteiger partial charge in [-0.2, -0.15) is 5.10 Å². The molecule has 4 rings (SSSR count). The van der Waals surface area contributed by atoms with Crippen molar-refractivity contribution in [2.45, 2.75) is 46.1 Å². The molecule has 0 aliphatic carbocycles. The molecule has 2 aliphatic heterocycles. The summed E-state index contributed by atoms with van der Waals surface area (Å²) >= 11 is 0. The summed E-state index contributed by atoms with van der Waals surface area (Å²) in [5.41, 5.74) is 2.59. The number of carbonyl (C=O) groups is 1. The highest BCUT2D eigenvalue weighted by molar-refractivity contribution is 5.76. The Balaban J connectivity index is 1.42. The van der Waals surface area contributed by atoms with Gasteiger partial charge in [-0.15, -0.1) is 0 Å². The van der Waals surface area contributed by atoms with Crippen LogP contribution in [0.2, 0.25) is 0 Å². The minimum Gasteiger partial charge on any atom is -0.378 e. The maximum atomic E-state index is 12.7. The van der Waals surface area contributed by atoms with Gasteiger partial charge in [-0.3, -0.25) is 9.59 Å². The van der Waals surface area contributed by atoms with Crippen molar-refractivity contribution in [3.05, 3.63) is 45.3 Å². The number of hydrogen-bond acceptors (Lipinski definition) is 7. The average Bonchev–Trinajstić information content (AvgIpc) is 2.78. The Morgan fingerprint density at radius 3 is 2.48 bits per heavy atom. The SMILES string of the molecule is Cc1ccc(=O)n(CC(=O)N2CCC(c3nc(C)c(C)c(N4CCOCC4)n3)CC2)n1. The van der Waals surface area contributed by atoms with Crippen molar-refractivity contribution in [3.63, 3.8) is 0 Å². The van der Waals surface area contributed by atoms with Crippen molar-refractivity contribution < 1.29 is 9.53 Å². The zero-order valence-electron chi connectivity index (χ0n) is 18.5. The summed E-state index contributed by atoms with van der Waals surface area (Å²) in [5, 5.41) is 4.17. The first-order chi connectivity index (χ1) is 14.9. The lowest BCUT2D eigenvalue weighted by Gasteiger charge is -2.33. The highest BCUT2D eigenvalue weighted by Gasteiger charge is 2.27. The molecule has 0 radical (unpaired) electrons. The third-order valence-electron chi connectivity index (χ3n) is 6.19. The minimum absolute atomic E-state index is 0.0213. The monoisotopic (exact) mass is 426 g/mol. The molecule has 0 unspecified atom stereocenters. The van der Waals surface area contributed by atoms with Crippen molar-refractivity contribution in [1.82, 2.24) is 24.6 Å². The lowest BCUT2D eigenvalue weighted by atomic mass is 9.95. The number of rotatable bonds is 4. The van der Waals surface area contributed by atoms with Gasteiger partial charge in [0.15, 0.2) is 0 Å². The molecular formula is C22H30N6O3. The van der Waals surface area contributed by atoms with Gasteiger partial charge in [0.1, 0.15) is 18.2 Å². The molecule has 2 aromatic rings. The fraction of sp³-hybridized carbons (Fsp3) is 0.591. The van der Waals surface area contributed by atoms with E-state index in [2.05, 4.69) is 16.9 Å². The predicted molar refractivity (Wildman–Crippen MR) is 116 cm³/mol. The average molecular weight is 427 g/mol. The van der Waals surface area contributed by atoms with Gasteiger partial charge in [-0.25, -0.2) is 14.6 Å². The molecule has 4 heterocycles. The molecule has 0 aromatic carbocycles. The van der Waals surface area contributed by atoms with Gasteiger partial charge in [0.25, 0.3) is 5.56 Å². The maximum Gasteiger partial charge on any atom is 0.267 e. The van der Waals surface area contributed by atoms with Gasteiger partial charge in [-0.1, -0.05) is 0 Å². The number of hydrogen-bond donors (Lipinski definition) is 0. The number of amides is 1. The summed E-state index contributed by atoms with van der Waals surface area (Å²) in [6.45, 7) is 10.3. The van der Waals surface area contributed by atoms with Gasteiger partial charge in [0.05, 0.1) is 18.9 Å². The normalized spacial score (nSPS) is 17.8. The van der Waals surface area contributed by atoms with Gasteiger partial charge in [0, 0.05) is 49.4 Å². The molecule has 9 heteroatoms. The Kier molecular flexibility index (Phi) is 6.31. The molecule has 2 aromatic heterocycles. The predicted octanol–water partition coefficient (Wildman–Crippen LogP) is 1.20. The number of aromatic nitrogens is 4. The van der Waals surface area contributed by atoms with Crippen LogP contribution in [0.25, 0.3) is 0 Å². The molecule has 2 aliphatic rings. The fourth-order valence-corrected chi connectivity index (χ4v) is 4.18. The van der Waals surface area contributed by atoms with Crippen molar-refractivity contribution in [3.8, 4) is 0 Å². The van der Waals surface area contributed by atoms with E-state index in [0.29, 0.717) is 18.8 Å².